The molecule has 0 atom stereocenters. The van der Waals surface area contributed by atoms with Crippen molar-refractivity contribution < 1.29 is 19.4 Å². The smallest absolute Gasteiger partial charge is 0.331 e. The number of rotatable bonds is 14. The van der Waals surface area contributed by atoms with Crippen LogP contribution in [0.25, 0.3) is 0 Å². The topological polar surface area (TPSA) is 55.8 Å². The van der Waals surface area contributed by atoms with Crippen molar-refractivity contribution in [2.75, 3.05) is 13.2 Å². The first-order valence-electron chi connectivity index (χ1n) is 8.36. The second-order valence-corrected chi connectivity index (χ2v) is 5.97. The zero-order valence-electron chi connectivity index (χ0n) is 14.3. The van der Waals surface area contributed by atoms with Crippen LogP contribution in [0.5, 0.6) is 0 Å². The SMILES string of the molecule is CCCCOC(CC(CCC[Si])=C(C)C(=O)O)OCCCC. The lowest BCUT2D eigenvalue weighted by molar-refractivity contribution is -0.142. The Morgan fingerprint density at radius 2 is 1.64 bits per heavy atom. The summed E-state index contributed by atoms with van der Waals surface area (Å²) in [7, 11) is 3.45. The van der Waals surface area contributed by atoms with Gasteiger partial charge in [-0.3, -0.25) is 0 Å². The van der Waals surface area contributed by atoms with Gasteiger partial charge in [-0.15, -0.1) is 0 Å². The third-order valence-electron chi connectivity index (χ3n) is 3.52. The highest BCUT2D eigenvalue weighted by atomic mass is 28.1. The maximum absolute atomic E-state index is 11.3. The molecule has 0 saturated heterocycles. The molecule has 5 heteroatoms. The van der Waals surface area contributed by atoms with Crippen LogP contribution in [0.3, 0.4) is 0 Å². The molecule has 0 bridgehead atoms. The Hall–Kier alpha value is -0.653. The van der Waals surface area contributed by atoms with Crippen molar-refractivity contribution in [3.8, 4) is 0 Å². The van der Waals surface area contributed by atoms with Crippen molar-refractivity contribution >= 4 is 16.2 Å². The molecule has 0 aromatic carbocycles. The predicted molar refractivity (Wildman–Crippen MR) is 90.3 cm³/mol. The second-order valence-electron chi connectivity index (χ2n) is 5.47. The van der Waals surface area contributed by atoms with Crippen LogP contribution in [0, 0.1) is 0 Å². The first-order valence-corrected chi connectivity index (χ1v) is 9.07. The number of aliphatic carboxylic acids is 1. The van der Waals surface area contributed by atoms with Crippen molar-refractivity contribution in [2.45, 2.75) is 78.1 Å². The van der Waals surface area contributed by atoms with Gasteiger partial charge in [0, 0.05) is 35.5 Å². The highest BCUT2D eigenvalue weighted by Gasteiger charge is 2.16. The van der Waals surface area contributed by atoms with E-state index in [-0.39, 0.29) is 6.29 Å². The molecule has 0 amide bonds. The largest absolute Gasteiger partial charge is 0.478 e. The molecule has 3 radical (unpaired) electrons. The molecule has 0 heterocycles. The lowest BCUT2D eigenvalue weighted by Gasteiger charge is -2.21. The Balaban J connectivity index is 4.75. The number of carbonyl (C=O) groups is 1. The van der Waals surface area contributed by atoms with Crippen LogP contribution in [0.1, 0.15) is 65.7 Å². The maximum atomic E-state index is 11.3. The lowest BCUT2D eigenvalue weighted by atomic mass is 10.0. The van der Waals surface area contributed by atoms with E-state index in [2.05, 4.69) is 24.1 Å². The van der Waals surface area contributed by atoms with Gasteiger partial charge in [0.1, 0.15) is 0 Å². The fourth-order valence-corrected chi connectivity index (χ4v) is 2.16. The molecule has 1 N–H and O–H groups in total. The standard InChI is InChI=1S/C17H31O4Si/c1-4-6-10-20-16(21-11-7-5-2)13-15(9-8-12-22)14(3)17(18)19/h16H,4-13H2,1-3H3,(H,18,19). The van der Waals surface area contributed by atoms with Gasteiger partial charge >= 0.3 is 5.97 Å². The zero-order chi connectivity index (χ0) is 16.8. The first-order chi connectivity index (χ1) is 10.6. The van der Waals surface area contributed by atoms with Crippen molar-refractivity contribution in [2.24, 2.45) is 0 Å². The lowest BCUT2D eigenvalue weighted by Crippen LogP contribution is -2.21. The molecule has 0 fully saturated rings. The van der Waals surface area contributed by atoms with Crippen LogP contribution in [0.15, 0.2) is 11.1 Å². The van der Waals surface area contributed by atoms with E-state index in [1.807, 2.05) is 0 Å². The summed E-state index contributed by atoms with van der Waals surface area (Å²) in [6.45, 7) is 7.22. The first kappa shape index (κ1) is 21.3. The predicted octanol–water partition coefficient (Wildman–Crippen LogP) is 4.10. The molecule has 0 unspecified atom stereocenters. The number of carboxylic acids is 1. The van der Waals surface area contributed by atoms with E-state index in [1.165, 1.54) is 0 Å². The van der Waals surface area contributed by atoms with Gasteiger partial charge in [0.15, 0.2) is 6.29 Å². The van der Waals surface area contributed by atoms with Crippen LogP contribution in [-0.4, -0.2) is 40.8 Å². The van der Waals surface area contributed by atoms with Crippen LogP contribution in [0.4, 0.5) is 0 Å². The summed E-state index contributed by atoms with van der Waals surface area (Å²) < 4.78 is 11.6. The van der Waals surface area contributed by atoms with Crippen LogP contribution < -0.4 is 0 Å². The zero-order valence-corrected chi connectivity index (χ0v) is 15.3. The Kier molecular flexibility index (Phi) is 13.6. The molecular formula is C17H31O4Si. The van der Waals surface area contributed by atoms with E-state index in [9.17, 15) is 9.90 Å². The average Bonchev–Trinajstić information content (AvgIpc) is 2.50. The normalized spacial score (nSPS) is 12.6. The second kappa shape index (κ2) is 14.0. The Morgan fingerprint density at radius 1 is 1.09 bits per heavy atom. The molecule has 0 rings (SSSR count). The van der Waals surface area contributed by atoms with Gasteiger partial charge in [-0.2, -0.15) is 0 Å². The van der Waals surface area contributed by atoms with E-state index >= 15 is 0 Å². The van der Waals surface area contributed by atoms with Gasteiger partial charge in [0.05, 0.1) is 0 Å². The molecule has 22 heavy (non-hydrogen) atoms. The van der Waals surface area contributed by atoms with Gasteiger partial charge in [-0.25, -0.2) is 4.79 Å². The summed E-state index contributed by atoms with van der Waals surface area (Å²) in [5.41, 5.74) is 1.34. The molecule has 0 aliphatic rings. The third-order valence-corrected chi connectivity index (χ3v) is 3.88. The van der Waals surface area contributed by atoms with Crippen LogP contribution >= 0.6 is 0 Å². The minimum atomic E-state index is -0.857. The summed E-state index contributed by atoms with van der Waals surface area (Å²) in [4.78, 5) is 11.3. The number of carboxylic acid groups (broad SMARTS) is 1. The Morgan fingerprint density at radius 3 is 2.05 bits per heavy atom. The summed E-state index contributed by atoms with van der Waals surface area (Å²) in [6, 6.07) is 0.856. The molecule has 127 valence electrons. The molecular weight excluding hydrogens is 296 g/mol. The fraction of sp³-hybridized carbons (Fsp3) is 0.824. The molecule has 0 aliphatic carbocycles. The van der Waals surface area contributed by atoms with E-state index in [1.54, 1.807) is 6.92 Å². The average molecular weight is 328 g/mol. The van der Waals surface area contributed by atoms with Gasteiger partial charge in [-0.05, 0) is 26.2 Å². The summed E-state index contributed by atoms with van der Waals surface area (Å²) in [5.74, 6) is -0.857. The maximum Gasteiger partial charge on any atom is 0.331 e. The summed E-state index contributed by atoms with van der Waals surface area (Å²) >= 11 is 0. The monoisotopic (exact) mass is 327 g/mol. The van der Waals surface area contributed by atoms with E-state index in [0.717, 1.165) is 50.1 Å². The van der Waals surface area contributed by atoms with Gasteiger partial charge in [0.25, 0.3) is 0 Å². The van der Waals surface area contributed by atoms with Gasteiger partial charge in [-0.1, -0.05) is 44.7 Å². The van der Waals surface area contributed by atoms with E-state index in [0.29, 0.717) is 25.2 Å². The summed E-state index contributed by atoms with van der Waals surface area (Å²) in [6.07, 6.45) is 6.00. The van der Waals surface area contributed by atoms with E-state index in [4.69, 9.17) is 9.47 Å². The van der Waals surface area contributed by atoms with Crippen molar-refractivity contribution in [3.63, 3.8) is 0 Å². The molecule has 0 saturated carbocycles. The number of hydrogen-bond acceptors (Lipinski definition) is 3. The summed E-state index contributed by atoms with van der Waals surface area (Å²) in [5, 5.41) is 9.24. The van der Waals surface area contributed by atoms with Crippen molar-refractivity contribution in [1.82, 2.24) is 0 Å². The van der Waals surface area contributed by atoms with Crippen molar-refractivity contribution in [1.29, 1.82) is 0 Å². The third kappa shape index (κ3) is 10.1. The van der Waals surface area contributed by atoms with Crippen molar-refractivity contribution in [3.05, 3.63) is 11.1 Å². The number of hydrogen-bond donors (Lipinski definition) is 1. The van der Waals surface area contributed by atoms with Gasteiger partial charge in [0.2, 0.25) is 0 Å². The number of unbranched alkanes of at least 4 members (excludes halogenated alkanes) is 2. The van der Waals surface area contributed by atoms with E-state index < -0.39 is 5.97 Å². The van der Waals surface area contributed by atoms with Crippen LogP contribution in [-0.2, 0) is 14.3 Å². The minimum absolute atomic E-state index is 0.336. The molecule has 0 aliphatic heterocycles. The van der Waals surface area contributed by atoms with Crippen LogP contribution in [0.2, 0.25) is 6.04 Å². The quantitative estimate of drug-likeness (QED) is 0.226. The Bertz CT molecular complexity index is 319. The Labute approximate surface area is 138 Å². The molecule has 0 aromatic rings. The fourth-order valence-electron chi connectivity index (χ4n) is 1.98. The van der Waals surface area contributed by atoms with Gasteiger partial charge < -0.3 is 14.6 Å². The highest BCUT2D eigenvalue weighted by Crippen LogP contribution is 2.21. The number of ether oxygens (including phenoxy) is 2. The molecule has 0 aromatic heterocycles. The molecule has 0 spiro atoms. The highest BCUT2D eigenvalue weighted by molar-refractivity contribution is 6.08. The minimum Gasteiger partial charge on any atom is -0.478 e. The molecule has 4 nitrogen and oxygen atoms in total.